The molecule has 1 aliphatic rings. The van der Waals surface area contributed by atoms with E-state index >= 15 is 0 Å². The van der Waals surface area contributed by atoms with Gasteiger partial charge in [0.1, 0.15) is 0 Å². The molecule has 1 saturated heterocycles. The van der Waals surface area contributed by atoms with Crippen LogP contribution < -0.4 is 10.6 Å². The summed E-state index contributed by atoms with van der Waals surface area (Å²) >= 11 is 0. The van der Waals surface area contributed by atoms with Crippen LogP contribution in [0, 0.1) is 0 Å². The van der Waals surface area contributed by atoms with E-state index < -0.39 is 0 Å². The fourth-order valence-corrected chi connectivity index (χ4v) is 3.56. The van der Waals surface area contributed by atoms with Crippen LogP contribution in [-0.2, 0) is 6.54 Å². The first-order chi connectivity index (χ1) is 12.8. The number of likely N-dealkylation sites (tertiary alicyclic amines) is 1. The summed E-state index contributed by atoms with van der Waals surface area (Å²) in [5.74, 6) is 1.70. The molecule has 0 aromatic carbocycles. The number of hydrogen-bond acceptors (Lipinski definition) is 4. The SMILES string of the molecule is CCCCN1CCCCC1CNC(=NC)NCc1nnc2ccccn12. The number of nitrogens with one attached hydrogen (secondary N) is 2. The van der Waals surface area contributed by atoms with Gasteiger partial charge in [-0.3, -0.25) is 14.3 Å². The molecule has 2 aromatic heterocycles. The molecule has 0 spiro atoms. The summed E-state index contributed by atoms with van der Waals surface area (Å²) in [6, 6.07) is 6.51. The van der Waals surface area contributed by atoms with Crippen molar-refractivity contribution in [3.8, 4) is 0 Å². The molecule has 1 aliphatic heterocycles. The Labute approximate surface area is 155 Å². The van der Waals surface area contributed by atoms with Crippen LogP contribution in [0.1, 0.15) is 44.9 Å². The molecule has 26 heavy (non-hydrogen) atoms. The zero-order chi connectivity index (χ0) is 18.2. The molecule has 7 heteroatoms. The highest BCUT2D eigenvalue weighted by Crippen LogP contribution is 2.17. The predicted octanol–water partition coefficient (Wildman–Crippen LogP) is 2.05. The number of rotatable bonds is 7. The van der Waals surface area contributed by atoms with Gasteiger partial charge in [0.05, 0.1) is 6.54 Å². The minimum Gasteiger partial charge on any atom is -0.355 e. The van der Waals surface area contributed by atoms with E-state index in [1.807, 2.05) is 35.8 Å². The van der Waals surface area contributed by atoms with Gasteiger partial charge < -0.3 is 10.6 Å². The van der Waals surface area contributed by atoms with Gasteiger partial charge in [-0.15, -0.1) is 10.2 Å². The Morgan fingerprint density at radius 1 is 1.27 bits per heavy atom. The zero-order valence-electron chi connectivity index (χ0n) is 16.0. The standard InChI is InChI=1S/C19H31N7/c1-3-4-11-25-12-7-5-9-16(25)14-21-19(20-2)22-15-18-24-23-17-10-6-8-13-26(17)18/h6,8,10,13,16H,3-5,7,9,11-12,14-15H2,1-2H3,(H2,20,21,22). The maximum atomic E-state index is 4.36. The van der Waals surface area contributed by atoms with Crippen LogP contribution in [0.3, 0.4) is 0 Å². The van der Waals surface area contributed by atoms with Crippen molar-refractivity contribution in [1.29, 1.82) is 0 Å². The van der Waals surface area contributed by atoms with E-state index in [2.05, 4.69) is 37.6 Å². The van der Waals surface area contributed by atoms with Gasteiger partial charge in [0.25, 0.3) is 0 Å². The highest BCUT2D eigenvalue weighted by atomic mass is 15.3. The maximum Gasteiger partial charge on any atom is 0.191 e. The molecule has 0 aliphatic carbocycles. The van der Waals surface area contributed by atoms with Crippen LogP contribution in [-0.4, -0.2) is 58.2 Å². The minimum atomic E-state index is 0.592. The van der Waals surface area contributed by atoms with E-state index in [0.29, 0.717) is 12.6 Å². The van der Waals surface area contributed by atoms with Crippen molar-refractivity contribution in [3.05, 3.63) is 30.2 Å². The Bertz CT molecular complexity index is 709. The first-order valence-corrected chi connectivity index (χ1v) is 9.79. The van der Waals surface area contributed by atoms with Gasteiger partial charge in [-0.1, -0.05) is 25.8 Å². The van der Waals surface area contributed by atoms with Crippen LogP contribution >= 0.6 is 0 Å². The Morgan fingerprint density at radius 2 is 2.19 bits per heavy atom. The lowest BCUT2D eigenvalue weighted by Crippen LogP contribution is -2.49. The quantitative estimate of drug-likeness (QED) is 0.586. The monoisotopic (exact) mass is 357 g/mol. The molecule has 3 rings (SSSR count). The van der Waals surface area contributed by atoms with Crippen molar-refractivity contribution in [3.63, 3.8) is 0 Å². The van der Waals surface area contributed by atoms with E-state index in [1.54, 1.807) is 0 Å². The number of pyridine rings is 1. The zero-order valence-corrected chi connectivity index (χ0v) is 16.0. The van der Waals surface area contributed by atoms with Gasteiger partial charge in [0, 0.05) is 25.8 Å². The Hall–Kier alpha value is -2.15. The van der Waals surface area contributed by atoms with Crippen molar-refractivity contribution in [2.75, 3.05) is 26.7 Å². The lowest BCUT2D eigenvalue weighted by Gasteiger charge is -2.36. The molecule has 0 bridgehead atoms. The van der Waals surface area contributed by atoms with Crippen LogP contribution in [0.5, 0.6) is 0 Å². The van der Waals surface area contributed by atoms with E-state index in [9.17, 15) is 0 Å². The predicted molar refractivity (Wildman–Crippen MR) is 105 cm³/mol. The Kier molecular flexibility index (Phi) is 6.82. The number of piperidine rings is 1. The molecule has 0 amide bonds. The average molecular weight is 358 g/mol. The minimum absolute atomic E-state index is 0.592. The molecular formula is C19H31N7. The highest BCUT2D eigenvalue weighted by Gasteiger charge is 2.21. The molecule has 2 N–H and O–H groups in total. The van der Waals surface area contributed by atoms with Crippen LogP contribution in [0.2, 0.25) is 0 Å². The summed E-state index contributed by atoms with van der Waals surface area (Å²) in [6.07, 6.45) is 8.44. The van der Waals surface area contributed by atoms with E-state index in [-0.39, 0.29) is 0 Å². The van der Waals surface area contributed by atoms with Gasteiger partial charge in [0.2, 0.25) is 0 Å². The number of nitrogens with zero attached hydrogens (tertiary/aromatic N) is 5. The number of hydrogen-bond donors (Lipinski definition) is 2. The average Bonchev–Trinajstić information content (AvgIpc) is 3.10. The summed E-state index contributed by atoms with van der Waals surface area (Å²) in [6.45, 7) is 6.22. The maximum absolute atomic E-state index is 4.36. The van der Waals surface area contributed by atoms with Gasteiger partial charge in [-0.05, 0) is 44.5 Å². The third-order valence-electron chi connectivity index (χ3n) is 5.07. The van der Waals surface area contributed by atoms with Gasteiger partial charge in [-0.25, -0.2) is 0 Å². The fourth-order valence-electron chi connectivity index (χ4n) is 3.56. The number of guanidine groups is 1. The van der Waals surface area contributed by atoms with Crippen molar-refractivity contribution in [2.45, 2.75) is 51.6 Å². The smallest absolute Gasteiger partial charge is 0.191 e. The third-order valence-corrected chi connectivity index (χ3v) is 5.07. The second-order valence-corrected chi connectivity index (χ2v) is 6.89. The van der Waals surface area contributed by atoms with Crippen molar-refractivity contribution < 1.29 is 0 Å². The molecule has 1 unspecified atom stereocenters. The molecule has 3 heterocycles. The Morgan fingerprint density at radius 3 is 3.04 bits per heavy atom. The summed E-state index contributed by atoms with van der Waals surface area (Å²) in [4.78, 5) is 7.00. The summed E-state index contributed by atoms with van der Waals surface area (Å²) in [7, 11) is 1.81. The van der Waals surface area contributed by atoms with Crippen molar-refractivity contribution >= 4 is 11.6 Å². The van der Waals surface area contributed by atoms with Crippen LogP contribution in [0.4, 0.5) is 0 Å². The molecule has 1 fully saturated rings. The number of aromatic nitrogens is 3. The molecule has 0 saturated carbocycles. The van der Waals surface area contributed by atoms with Crippen molar-refractivity contribution in [1.82, 2.24) is 30.1 Å². The number of fused-ring (bicyclic) bond motifs is 1. The molecule has 7 nitrogen and oxygen atoms in total. The molecule has 2 aromatic rings. The summed E-state index contributed by atoms with van der Waals surface area (Å²) < 4.78 is 1.99. The van der Waals surface area contributed by atoms with E-state index in [1.165, 1.54) is 45.2 Å². The van der Waals surface area contributed by atoms with E-state index in [0.717, 1.165) is 24.0 Å². The number of unbranched alkanes of at least 4 members (excludes halogenated alkanes) is 1. The fraction of sp³-hybridized carbons (Fsp3) is 0.632. The second-order valence-electron chi connectivity index (χ2n) is 6.89. The van der Waals surface area contributed by atoms with Crippen LogP contribution in [0.15, 0.2) is 29.4 Å². The highest BCUT2D eigenvalue weighted by molar-refractivity contribution is 5.79. The molecular weight excluding hydrogens is 326 g/mol. The number of aliphatic imine (C=N–C) groups is 1. The second kappa shape index (κ2) is 9.52. The molecule has 142 valence electrons. The normalized spacial score (nSPS) is 19.0. The lowest BCUT2D eigenvalue weighted by molar-refractivity contribution is 0.147. The third kappa shape index (κ3) is 4.72. The first kappa shape index (κ1) is 18.6. The van der Waals surface area contributed by atoms with Gasteiger partial charge in [0.15, 0.2) is 17.4 Å². The summed E-state index contributed by atoms with van der Waals surface area (Å²) in [5, 5.41) is 15.3. The van der Waals surface area contributed by atoms with Gasteiger partial charge >= 0.3 is 0 Å². The largest absolute Gasteiger partial charge is 0.355 e. The summed E-state index contributed by atoms with van der Waals surface area (Å²) in [5.41, 5.74) is 0.862. The van der Waals surface area contributed by atoms with Crippen molar-refractivity contribution in [2.24, 2.45) is 4.99 Å². The molecule has 1 atom stereocenters. The van der Waals surface area contributed by atoms with Gasteiger partial charge in [-0.2, -0.15) is 0 Å². The first-order valence-electron chi connectivity index (χ1n) is 9.79. The van der Waals surface area contributed by atoms with E-state index in [4.69, 9.17) is 0 Å². The topological polar surface area (TPSA) is 69.8 Å². The Balaban J connectivity index is 1.51. The lowest BCUT2D eigenvalue weighted by atomic mass is 10.0. The molecule has 0 radical (unpaired) electrons. The van der Waals surface area contributed by atoms with Crippen LogP contribution in [0.25, 0.3) is 5.65 Å².